The van der Waals surface area contributed by atoms with Crippen LogP contribution in [0.5, 0.6) is 0 Å². The molecule has 1 atom stereocenters. The van der Waals surface area contributed by atoms with Gasteiger partial charge in [0, 0.05) is 12.5 Å². The van der Waals surface area contributed by atoms with Gasteiger partial charge in [0.2, 0.25) is 0 Å². The normalized spacial score (nSPS) is 12.7. The molecule has 0 spiro atoms. The van der Waals surface area contributed by atoms with Crippen LogP contribution in [0, 0.1) is 0 Å². The van der Waals surface area contributed by atoms with Crippen molar-refractivity contribution in [2.45, 2.75) is 25.6 Å². The van der Waals surface area contributed by atoms with Crippen LogP contribution in [0.2, 0.25) is 0 Å². The van der Waals surface area contributed by atoms with E-state index in [2.05, 4.69) is 5.32 Å². The fourth-order valence-electron chi connectivity index (χ4n) is 2.00. The highest BCUT2D eigenvalue weighted by atomic mass is 32.1. The smallest absolute Gasteiger partial charge is 0.348 e. The predicted molar refractivity (Wildman–Crippen MR) is 82.3 cm³/mol. The van der Waals surface area contributed by atoms with E-state index in [1.807, 2.05) is 4.98 Å². The fraction of sp³-hybridized carbons (Fsp3) is 0.267. The van der Waals surface area contributed by atoms with Crippen molar-refractivity contribution in [1.29, 1.82) is 0 Å². The Balaban J connectivity index is 2.03. The average molecular weight is 358 g/mol. The summed E-state index contributed by atoms with van der Waals surface area (Å²) in [7, 11) is 0. The van der Waals surface area contributed by atoms with Crippen LogP contribution in [-0.2, 0) is 6.18 Å². The lowest BCUT2D eigenvalue weighted by molar-refractivity contribution is -0.138. The van der Waals surface area contributed by atoms with Crippen LogP contribution in [0.25, 0.3) is 0 Å². The third-order valence-electron chi connectivity index (χ3n) is 3.12. The van der Waals surface area contributed by atoms with Crippen molar-refractivity contribution < 1.29 is 22.8 Å². The quantitative estimate of drug-likeness (QED) is 0.807. The van der Waals surface area contributed by atoms with E-state index in [0.717, 1.165) is 6.07 Å². The summed E-state index contributed by atoms with van der Waals surface area (Å²) in [4.78, 5) is 37.7. The third kappa shape index (κ3) is 4.31. The van der Waals surface area contributed by atoms with Gasteiger partial charge >= 0.3 is 6.18 Å². The maximum atomic E-state index is 12.5. The van der Waals surface area contributed by atoms with Crippen LogP contribution in [-0.4, -0.2) is 22.7 Å². The maximum absolute atomic E-state index is 12.5. The first-order chi connectivity index (χ1) is 11.2. The zero-order valence-corrected chi connectivity index (χ0v) is 13.3. The second-order valence-corrected chi connectivity index (χ2v) is 6.04. The number of Topliss-reactive ketones (excluding diaryl/α,β-unsaturated/α-hetero) is 1. The summed E-state index contributed by atoms with van der Waals surface area (Å²) in [6.45, 7) is 1.59. The lowest BCUT2D eigenvalue weighted by Gasteiger charge is -2.13. The minimum Gasteiger partial charge on any atom is -0.348 e. The van der Waals surface area contributed by atoms with Crippen LogP contribution in [0.1, 0.15) is 39.1 Å². The average Bonchev–Trinajstić information content (AvgIpc) is 2.99. The molecule has 0 aliphatic rings. The molecule has 128 valence electrons. The molecule has 5 nitrogen and oxygen atoms in total. The molecule has 2 heterocycles. The molecule has 0 aromatic carbocycles. The zero-order valence-electron chi connectivity index (χ0n) is 12.4. The van der Waals surface area contributed by atoms with Crippen molar-refractivity contribution in [2.75, 3.05) is 0 Å². The Labute approximate surface area is 138 Å². The maximum Gasteiger partial charge on any atom is 0.421 e. The summed E-state index contributed by atoms with van der Waals surface area (Å²) >= 11 is 1.28. The van der Waals surface area contributed by atoms with Crippen molar-refractivity contribution in [3.05, 3.63) is 56.1 Å². The Hall–Kier alpha value is -2.42. The number of amides is 1. The molecule has 2 aromatic heterocycles. The summed E-state index contributed by atoms with van der Waals surface area (Å²) in [6, 6.07) is 4.28. The highest BCUT2D eigenvalue weighted by molar-refractivity contribution is 7.12. The molecule has 2 rings (SSSR count). The lowest BCUT2D eigenvalue weighted by Crippen LogP contribution is -2.36. The van der Waals surface area contributed by atoms with E-state index in [4.69, 9.17) is 0 Å². The highest BCUT2D eigenvalue weighted by Crippen LogP contribution is 2.26. The van der Waals surface area contributed by atoms with Gasteiger partial charge in [0.25, 0.3) is 11.5 Å². The summed E-state index contributed by atoms with van der Waals surface area (Å²) < 4.78 is 37.5. The number of hydrogen-bond donors (Lipinski definition) is 2. The van der Waals surface area contributed by atoms with Gasteiger partial charge in [-0.25, -0.2) is 0 Å². The van der Waals surface area contributed by atoms with Gasteiger partial charge in [-0.05, 0) is 30.5 Å². The predicted octanol–water partition coefficient (Wildman–Crippen LogP) is 2.85. The molecule has 24 heavy (non-hydrogen) atoms. The van der Waals surface area contributed by atoms with Crippen LogP contribution in [0.4, 0.5) is 13.2 Å². The molecular formula is C15H13F3N2O3S. The number of thiophene rings is 1. The summed E-state index contributed by atoms with van der Waals surface area (Å²) in [5.41, 5.74) is -3.07. The Bertz CT molecular complexity index is 797. The van der Waals surface area contributed by atoms with Crippen LogP contribution < -0.4 is 10.9 Å². The van der Waals surface area contributed by atoms with Crippen LogP contribution in [0.15, 0.2) is 34.4 Å². The number of ketones is 1. The van der Waals surface area contributed by atoms with Gasteiger partial charge in [0.15, 0.2) is 5.78 Å². The fourth-order valence-corrected chi connectivity index (χ4v) is 2.67. The van der Waals surface area contributed by atoms with Crippen molar-refractivity contribution in [1.82, 2.24) is 10.3 Å². The Kier molecular flexibility index (Phi) is 5.23. The number of hydrogen-bond acceptors (Lipinski definition) is 4. The standard InChI is InChI=1S/C15H13F3N2O3S/c1-8(7-11(21)12-3-2-6-24-12)19-14(23)10-5-4-9(13(22)20-10)15(16,17)18/h2-6,8H,7H2,1H3,(H,19,23)(H,20,22). The number of nitrogens with one attached hydrogen (secondary N) is 2. The van der Waals surface area contributed by atoms with Crippen LogP contribution in [0.3, 0.4) is 0 Å². The lowest BCUT2D eigenvalue weighted by atomic mass is 10.1. The summed E-state index contributed by atoms with van der Waals surface area (Å²) in [5, 5.41) is 4.22. The van der Waals surface area contributed by atoms with E-state index < -0.39 is 29.2 Å². The minimum atomic E-state index is -4.79. The van der Waals surface area contributed by atoms with Gasteiger partial charge in [0.05, 0.1) is 4.88 Å². The number of carbonyl (C=O) groups excluding carboxylic acids is 2. The van der Waals surface area contributed by atoms with E-state index >= 15 is 0 Å². The van der Waals surface area contributed by atoms with Gasteiger partial charge in [-0.3, -0.25) is 14.4 Å². The number of aromatic nitrogens is 1. The van der Waals surface area contributed by atoms with Gasteiger partial charge in [-0.1, -0.05) is 6.07 Å². The number of halogens is 3. The molecule has 0 aliphatic heterocycles. The van der Waals surface area contributed by atoms with Crippen molar-refractivity contribution in [2.24, 2.45) is 0 Å². The molecule has 2 aromatic rings. The SMILES string of the molecule is CC(CC(=O)c1cccs1)NC(=O)c1ccc(C(F)(F)F)c(=O)[nH]1. The molecule has 9 heteroatoms. The molecule has 1 unspecified atom stereocenters. The van der Waals surface area contributed by atoms with E-state index in [1.54, 1.807) is 24.4 Å². The Morgan fingerprint density at radius 1 is 1.29 bits per heavy atom. The van der Waals surface area contributed by atoms with Crippen LogP contribution >= 0.6 is 11.3 Å². The third-order valence-corrected chi connectivity index (χ3v) is 4.04. The second-order valence-electron chi connectivity index (χ2n) is 5.09. The number of aromatic amines is 1. The monoisotopic (exact) mass is 358 g/mol. The van der Waals surface area contributed by atoms with E-state index in [1.165, 1.54) is 11.3 Å². The van der Waals surface area contributed by atoms with Gasteiger partial charge < -0.3 is 10.3 Å². The molecule has 0 aliphatic carbocycles. The van der Waals surface area contributed by atoms with E-state index in [-0.39, 0.29) is 17.9 Å². The van der Waals surface area contributed by atoms with E-state index in [9.17, 15) is 27.6 Å². The molecule has 0 saturated heterocycles. The summed E-state index contributed by atoms with van der Waals surface area (Å²) in [6.07, 6.45) is -4.75. The van der Waals surface area contributed by atoms with Gasteiger partial charge in [-0.2, -0.15) is 13.2 Å². The molecule has 0 fully saturated rings. The first-order valence-corrected chi connectivity index (χ1v) is 7.74. The Morgan fingerprint density at radius 3 is 2.54 bits per heavy atom. The molecule has 0 radical (unpaired) electrons. The number of H-pyrrole nitrogens is 1. The molecular weight excluding hydrogens is 345 g/mol. The Morgan fingerprint density at radius 2 is 2.00 bits per heavy atom. The molecule has 1 amide bonds. The molecule has 0 saturated carbocycles. The minimum absolute atomic E-state index is 0.0388. The number of carbonyl (C=O) groups is 2. The van der Waals surface area contributed by atoms with E-state index in [0.29, 0.717) is 10.9 Å². The zero-order chi connectivity index (χ0) is 17.9. The number of pyridine rings is 1. The molecule has 0 bridgehead atoms. The first-order valence-electron chi connectivity index (χ1n) is 6.86. The van der Waals surface area contributed by atoms with Crippen molar-refractivity contribution in [3.63, 3.8) is 0 Å². The van der Waals surface area contributed by atoms with Gasteiger partial charge in [-0.15, -0.1) is 11.3 Å². The molecule has 2 N–H and O–H groups in total. The number of alkyl halides is 3. The second kappa shape index (κ2) is 7.00. The van der Waals surface area contributed by atoms with Gasteiger partial charge in [0.1, 0.15) is 11.3 Å². The largest absolute Gasteiger partial charge is 0.421 e. The number of rotatable bonds is 5. The topological polar surface area (TPSA) is 79.0 Å². The van der Waals surface area contributed by atoms with Crippen molar-refractivity contribution in [3.8, 4) is 0 Å². The summed E-state index contributed by atoms with van der Waals surface area (Å²) in [5.74, 6) is -0.911. The van der Waals surface area contributed by atoms with Crippen molar-refractivity contribution >= 4 is 23.0 Å². The first kappa shape index (κ1) is 17.9. The highest BCUT2D eigenvalue weighted by Gasteiger charge is 2.34.